The van der Waals surface area contributed by atoms with Gasteiger partial charge in [0.25, 0.3) is 0 Å². The molecule has 0 fully saturated rings. The number of amides is 1. The summed E-state index contributed by atoms with van der Waals surface area (Å²) >= 11 is 0. The maximum atomic E-state index is 11.6. The van der Waals surface area contributed by atoms with Crippen LogP contribution in [0.1, 0.15) is 25.3 Å². The SMILES string of the molecule is CCOC(=O)CCCNC(=O)Cc1ccc(O)cc1. The zero-order chi connectivity index (χ0) is 14.1. The second kappa shape index (κ2) is 8.13. The van der Waals surface area contributed by atoms with E-state index in [0.717, 1.165) is 5.56 Å². The fourth-order valence-electron chi connectivity index (χ4n) is 1.56. The van der Waals surface area contributed by atoms with Crippen LogP contribution in [-0.4, -0.2) is 30.1 Å². The van der Waals surface area contributed by atoms with Crippen LogP contribution in [0.5, 0.6) is 5.75 Å². The second-order valence-electron chi connectivity index (χ2n) is 4.10. The van der Waals surface area contributed by atoms with Gasteiger partial charge in [-0.2, -0.15) is 0 Å². The number of esters is 1. The first-order chi connectivity index (χ1) is 9.11. The normalized spacial score (nSPS) is 9.95. The zero-order valence-corrected chi connectivity index (χ0v) is 11.0. The third-order valence-corrected chi connectivity index (χ3v) is 2.49. The van der Waals surface area contributed by atoms with Gasteiger partial charge in [-0.15, -0.1) is 0 Å². The molecule has 0 aliphatic carbocycles. The lowest BCUT2D eigenvalue weighted by atomic mass is 10.1. The van der Waals surface area contributed by atoms with Gasteiger partial charge < -0.3 is 15.2 Å². The first-order valence-electron chi connectivity index (χ1n) is 6.32. The van der Waals surface area contributed by atoms with Gasteiger partial charge in [-0.1, -0.05) is 12.1 Å². The van der Waals surface area contributed by atoms with Crippen LogP contribution in [0.15, 0.2) is 24.3 Å². The monoisotopic (exact) mass is 265 g/mol. The van der Waals surface area contributed by atoms with Gasteiger partial charge in [0, 0.05) is 13.0 Å². The highest BCUT2D eigenvalue weighted by atomic mass is 16.5. The Balaban J connectivity index is 2.18. The molecular weight excluding hydrogens is 246 g/mol. The van der Waals surface area contributed by atoms with Crippen molar-refractivity contribution in [2.75, 3.05) is 13.2 Å². The standard InChI is InChI=1S/C14H19NO4/c1-2-19-14(18)4-3-9-15-13(17)10-11-5-7-12(16)8-6-11/h5-8,16H,2-4,9-10H2,1H3,(H,15,17). The zero-order valence-electron chi connectivity index (χ0n) is 11.0. The number of hydrogen-bond acceptors (Lipinski definition) is 4. The van der Waals surface area contributed by atoms with Gasteiger partial charge >= 0.3 is 5.97 Å². The van der Waals surface area contributed by atoms with E-state index >= 15 is 0 Å². The summed E-state index contributed by atoms with van der Waals surface area (Å²) in [5.41, 5.74) is 0.834. The lowest BCUT2D eigenvalue weighted by molar-refractivity contribution is -0.143. The molecule has 0 saturated heterocycles. The molecule has 2 N–H and O–H groups in total. The number of aromatic hydroxyl groups is 1. The van der Waals surface area contributed by atoms with Crippen LogP contribution in [0, 0.1) is 0 Å². The number of hydrogen-bond donors (Lipinski definition) is 2. The summed E-state index contributed by atoms with van der Waals surface area (Å²) in [7, 11) is 0. The van der Waals surface area contributed by atoms with E-state index in [1.165, 1.54) is 0 Å². The fraction of sp³-hybridized carbons (Fsp3) is 0.429. The smallest absolute Gasteiger partial charge is 0.305 e. The Morgan fingerprint density at radius 2 is 1.95 bits per heavy atom. The lowest BCUT2D eigenvalue weighted by Crippen LogP contribution is -2.26. The molecule has 1 aromatic rings. The molecule has 0 aromatic heterocycles. The quantitative estimate of drug-likeness (QED) is 0.577. The maximum Gasteiger partial charge on any atom is 0.305 e. The van der Waals surface area contributed by atoms with Crippen LogP contribution in [-0.2, 0) is 20.7 Å². The molecule has 0 spiro atoms. The average Bonchev–Trinajstić information content (AvgIpc) is 2.38. The highest BCUT2D eigenvalue weighted by Crippen LogP contribution is 2.09. The van der Waals surface area contributed by atoms with Crippen LogP contribution in [0.3, 0.4) is 0 Å². The summed E-state index contributed by atoms with van der Waals surface area (Å²) in [4.78, 5) is 22.6. The summed E-state index contributed by atoms with van der Waals surface area (Å²) < 4.78 is 4.78. The molecule has 0 atom stereocenters. The minimum Gasteiger partial charge on any atom is -0.508 e. The van der Waals surface area contributed by atoms with Gasteiger partial charge in [0.05, 0.1) is 13.0 Å². The number of rotatable bonds is 7. The Morgan fingerprint density at radius 1 is 1.26 bits per heavy atom. The number of benzene rings is 1. The predicted octanol–water partition coefficient (Wildman–Crippen LogP) is 1.39. The van der Waals surface area contributed by atoms with Crippen LogP contribution in [0.4, 0.5) is 0 Å². The van der Waals surface area contributed by atoms with Crippen LogP contribution < -0.4 is 5.32 Å². The van der Waals surface area contributed by atoms with E-state index in [1.54, 1.807) is 31.2 Å². The van der Waals surface area contributed by atoms with Crippen molar-refractivity contribution >= 4 is 11.9 Å². The minimum absolute atomic E-state index is 0.102. The molecule has 5 nitrogen and oxygen atoms in total. The van der Waals surface area contributed by atoms with E-state index in [1.807, 2.05) is 0 Å². The largest absolute Gasteiger partial charge is 0.508 e. The third kappa shape index (κ3) is 6.45. The lowest BCUT2D eigenvalue weighted by Gasteiger charge is -2.05. The molecule has 0 unspecified atom stereocenters. The summed E-state index contributed by atoms with van der Waals surface area (Å²) in [5, 5.41) is 11.8. The van der Waals surface area contributed by atoms with Crippen molar-refractivity contribution in [1.82, 2.24) is 5.32 Å². The molecule has 1 rings (SSSR count). The Morgan fingerprint density at radius 3 is 2.58 bits per heavy atom. The molecule has 0 radical (unpaired) electrons. The number of ether oxygens (including phenoxy) is 1. The average molecular weight is 265 g/mol. The fourth-order valence-corrected chi connectivity index (χ4v) is 1.56. The van der Waals surface area contributed by atoms with Gasteiger partial charge in [0.15, 0.2) is 0 Å². The Hall–Kier alpha value is -2.04. The van der Waals surface area contributed by atoms with Crippen molar-refractivity contribution in [3.63, 3.8) is 0 Å². The molecule has 104 valence electrons. The van der Waals surface area contributed by atoms with E-state index in [9.17, 15) is 9.59 Å². The molecular formula is C14H19NO4. The Labute approximate surface area is 112 Å². The molecule has 19 heavy (non-hydrogen) atoms. The first kappa shape index (κ1) is 15.0. The first-order valence-corrected chi connectivity index (χ1v) is 6.32. The van der Waals surface area contributed by atoms with Crippen molar-refractivity contribution in [3.05, 3.63) is 29.8 Å². The predicted molar refractivity (Wildman–Crippen MR) is 70.7 cm³/mol. The summed E-state index contributed by atoms with van der Waals surface area (Å²) in [6, 6.07) is 6.49. The number of nitrogens with one attached hydrogen (secondary N) is 1. The number of phenols is 1. The summed E-state index contributed by atoms with van der Waals surface area (Å²) in [6.45, 7) is 2.60. The topological polar surface area (TPSA) is 75.6 Å². The van der Waals surface area contributed by atoms with E-state index < -0.39 is 0 Å². The number of carbonyl (C=O) groups is 2. The van der Waals surface area contributed by atoms with Gasteiger partial charge in [-0.05, 0) is 31.0 Å². The molecule has 5 heteroatoms. The molecule has 0 bridgehead atoms. The van der Waals surface area contributed by atoms with E-state index in [-0.39, 0.29) is 24.0 Å². The van der Waals surface area contributed by atoms with Gasteiger partial charge in [0.2, 0.25) is 5.91 Å². The molecule has 0 heterocycles. The van der Waals surface area contributed by atoms with Crippen molar-refractivity contribution in [1.29, 1.82) is 0 Å². The Kier molecular flexibility index (Phi) is 6.43. The molecule has 0 saturated carbocycles. The van der Waals surface area contributed by atoms with Crippen molar-refractivity contribution in [2.45, 2.75) is 26.2 Å². The third-order valence-electron chi connectivity index (χ3n) is 2.49. The minimum atomic E-state index is -0.240. The highest BCUT2D eigenvalue weighted by molar-refractivity contribution is 5.78. The van der Waals surface area contributed by atoms with E-state index in [2.05, 4.69) is 5.32 Å². The Bertz CT molecular complexity index is 414. The molecule has 0 aliphatic heterocycles. The van der Waals surface area contributed by atoms with Crippen molar-refractivity contribution in [2.24, 2.45) is 0 Å². The molecule has 0 aliphatic rings. The number of phenolic OH excluding ortho intramolecular Hbond substituents is 1. The van der Waals surface area contributed by atoms with Crippen LogP contribution >= 0.6 is 0 Å². The highest BCUT2D eigenvalue weighted by Gasteiger charge is 2.04. The summed E-state index contributed by atoms with van der Waals surface area (Å²) in [6.07, 6.45) is 1.15. The van der Waals surface area contributed by atoms with Gasteiger partial charge in [0.1, 0.15) is 5.75 Å². The van der Waals surface area contributed by atoms with Gasteiger partial charge in [-0.3, -0.25) is 9.59 Å². The maximum absolute atomic E-state index is 11.6. The second-order valence-corrected chi connectivity index (χ2v) is 4.10. The van der Waals surface area contributed by atoms with E-state index in [4.69, 9.17) is 9.84 Å². The molecule has 1 amide bonds. The van der Waals surface area contributed by atoms with Gasteiger partial charge in [-0.25, -0.2) is 0 Å². The van der Waals surface area contributed by atoms with Crippen molar-refractivity contribution in [3.8, 4) is 5.75 Å². The van der Waals surface area contributed by atoms with Crippen LogP contribution in [0.2, 0.25) is 0 Å². The molecule has 1 aromatic carbocycles. The van der Waals surface area contributed by atoms with Crippen LogP contribution in [0.25, 0.3) is 0 Å². The summed E-state index contributed by atoms with van der Waals surface area (Å²) in [5.74, 6) is -0.163. The van der Waals surface area contributed by atoms with E-state index in [0.29, 0.717) is 26.0 Å². The number of carbonyl (C=O) groups excluding carboxylic acids is 2. The van der Waals surface area contributed by atoms with Crippen molar-refractivity contribution < 1.29 is 19.4 Å².